The lowest BCUT2D eigenvalue weighted by Crippen LogP contribution is -2.00. The average Bonchev–Trinajstić information content (AvgIpc) is 2.29. The highest BCUT2D eigenvalue weighted by Gasteiger charge is 2.08. The summed E-state index contributed by atoms with van der Waals surface area (Å²) in [4.78, 5) is 11.5. The SMILES string of the molecule is C=CC(=O)c1ccc2ccccc2c1N. The molecule has 0 spiro atoms. The van der Waals surface area contributed by atoms with Crippen molar-refractivity contribution in [2.75, 3.05) is 5.73 Å². The number of rotatable bonds is 2. The van der Waals surface area contributed by atoms with Crippen LogP contribution in [0.5, 0.6) is 0 Å². The monoisotopic (exact) mass is 197 g/mol. The van der Waals surface area contributed by atoms with Gasteiger partial charge in [0.25, 0.3) is 0 Å². The third-order valence-corrected chi connectivity index (χ3v) is 2.42. The first-order valence-electron chi connectivity index (χ1n) is 4.68. The maximum atomic E-state index is 11.5. The second kappa shape index (κ2) is 3.58. The minimum Gasteiger partial charge on any atom is -0.398 e. The van der Waals surface area contributed by atoms with Crippen LogP contribution in [0.4, 0.5) is 5.69 Å². The van der Waals surface area contributed by atoms with Gasteiger partial charge >= 0.3 is 0 Å². The average molecular weight is 197 g/mol. The van der Waals surface area contributed by atoms with Gasteiger partial charge in [-0.05, 0) is 17.5 Å². The first-order chi connectivity index (χ1) is 7.24. The van der Waals surface area contributed by atoms with Gasteiger partial charge < -0.3 is 5.73 Å². The van der Waals surface area contributed by atoms with Crippen molar-refractivity contribution in [1.29, 1.82) is 0 Å². The Hall–Kier alpha value is -2.09. The summed E-state index contributed by atoms with van der Waals surface area (Å²) in [5.74, 6) is -0.141. The fourth-order valence-electron chi connectivity index (χ4n) is 1.62. The lowest BCUT2D eigenvalue weighted by Gasteiger charge is -2.06. The van der Waals surface area contributed by atoms with E-state index in [0.717, 1.165) is 10.8 Å². The topological polar surface area (TPSA) is 43.1 Å². The number of carbonyl (C=O) groups excluding carboxylic acids is 1. The van der Waals surface area contributed by atoms with Gasteiger partial charge in [-0.25, -0.2) is 0 Å². The van der Waals surface area contributed by atoms with E-state index in [-0.39, 0.29) is 5.78 Å². The van der Waals surface area contributed by atoms with E-state index in [1.807, 2.05) is 30.3 Å². The molecule has 15 heavy (non-hydrogen) atoms. The number of nitrogens with two attached hydrogens (primary N) is 1. The van der Waals surface area contributed by atoms with Crippen LogP contribution in [0.25, 0.3) is 10.8 Å². The maximum Gasteiger partial charge on any atom is 0.187 e. The van der Waals surface area contributed by atoms with E-state index in [4.69, 9.17) is 5.73 Å². The predicted molar refractivity (Wildman–Crippen MR) is 62.9 cm³/mol. The molecule has 0 bridgehead atoms. The molecule has 0 atom stereocenters. The van der Waals surface area contributed by atoms with Gasteiger partial charge in [-0.1, -0.05) is 36.9 Å². The minimum absolute atomic E-state index is 0.141. The molecule has 0 aliphatic carbocycles. The first-order valence-corrected chi connectivity index (χ1v) is 4.68. The molecule has 2 N–H and O–H groups in total. The highest BCUT2D eigenvalue weighted by molar-refractivity contribution is 6.12. The van der Waals surface area contributed by atoms with Gasteiger partial charge in [0.15, 0.2) is 5.78 Å². The summed E-state index contributed by atoms with van der Waals surface area (Å²) in [7, 11) is 0. The number of anilines is 1. The van der Waals surface area contributed by atoms with Crippen LogP contribution in [0.2, 0.25) is 0 Å². The van der Waals surface area contributed by atoms with Crippen LogP contribution in [0, 0.1) is 0 Å². The Morgan fingerprint density at radius 1 is 1.20 bits per heavy atom. The molecule has 0 aliphatic rings. The molecular formula is C13H11NO. The number of ketones is 1. The van der Waals surface area contributed by atoms with Crippen LogP contribution < -0.4 is 5.73 Å². The molecule has 2 rings (SSSR count). The standard InChI is InChI=1S/C13H11NO/c1-2-12(15)11-8-7-9-5-3-4-6-10(9)13(11)14/h2-8H,1,14H2. The molecule has 0 radical (unpaired) electrons. The molecule has 0 saturated heterocycles. The van der Waals surface area contributed by atoms with E-state index in [1.165, 1.54) is 6.08 Å². The summed E-state index contributed by atoms with van der Waals surface area (Å²) >= 11 is 0. The van der Waals surface area contributed by atoms with Crippen molar-refractivity contribution < 1.29 is 4.79 Å². The van der Waals surface area contributed by atoms with Gasteiger partial charge in [-0.2, -0.15) is 0 Å². The third-order valence-electron chi connectivity index (χ3n) is 2.42. The van der Waals surface area contributed by atoms with E-state index < -0.39 is 0 Å². The molecule has 74 valence electrons. The van der Waals surface area contributed by atoms with Crippen molar-refractivity contribution in [2.24, 2.45) is 0 Å². The largest absolute Gasteiger partial charge is 0.398 e. The Kier molecular flexibility index (Phi) is 2.26. The van der Waals surface area contributed by atoms with Gasteiger partial charge in [0.05, 0.1) is 5.69 Å². The number of benzene rings is 2. The molecular weight excluding hydrogens is 186 g/mol. The van der Waals surface area contributed by atoms with Gasteiger partial charge in [0.1, 0.15) is 0 Å². The molecule has 0 heterocycles. The molecule has 0 aliphatic heterocycles. The Morgan fingerprint density at radius 2 is 1.93 bits per heavy atom. The fraction of sp³-hybridized carbons (Fsp3) is 0. The lowest BCUT2D eigenvalue weighted by molar-refractivity contribution is 0.104. The molecule has 0 aromatic heterocycles. The normalized spacial score (nSPS) is 10.1. The zero-order valence-corrected chi connectivity index (χ0v) is 8.23. The number of allylic oxidation sites excluding steroid dienone is 1. The number of nitrogen functional groups attached to an aromatic ring is 1. The molecule has 2 aromatic carbocycles. The molecule has 2 aromatic rings. The van der Waals surface area contributed by atoms with Gasteiger partial charge in [-0.3, -0.25) is 4.79 Å². The molecule has 0 unspecified atom stereocenters. The predicted octanol–water partition coefficient (Wildman–Crippen LogP) is 2.79. The van der Waals surface area contributed by atoms with Crippen LogP contribution >= 0.6 is 0 Å². The lowest BCUT2D eigenvalue weighted by atomic mass is 10.0. The molecule has 0 saturated carbocycles. The Bertz CT molecular complexity index is 543. The molecule has 0 amide bonds. The smallest absolute Gasteiger partial charge is 0.187 e. The Balaban J connectivity index is 2.75. The number of fused-ring (bicyclic) bond motifs is 1. The summed E-state index contributed by atoms with van der Waals surface area (Å²) in [5, 5.41) is 1.95. The van der Waals surface area contributed by atoms with Gasteiger partial charge in [-0.15, -0.1) is 0 Å². The van der Waals surface area contributed by atoms with E-state index in [0.29, 0.717) is 11.3 Å². The molecule has 2 nitrogen and oxygen atoms in total. The first kappa shape index (κ1) is 9.46. The van der Waals surface area contributed by atoms with E-state index in [2.05, 4.69) is 6.58 Å². The Morgan fingerprint density at radius 3 is 2.67 bits per heavy atom. The fourth-order valence-corrected chi connectivity index (χ4v) is 1.62. The maximum absolute atomic E-state index is 11.5. The highest BCUT2D eigenvalue weighted by atomic mass is 16.1. The summed E-state index contributed by atoms with van der Waals surface area (Å²) in [6.45, 7) is 3.45. The zero-order chi connectivity index (χ0) is 10.8. The summed E-state index contributed by atoms with van der Waals surface area (Å²) in [6.07, 6.45) is 1.28. The summed E-state index contributed by atoms with van der Waals surface area (Å²) in [5.41, 5.74) is 6.97. The van der Waals surface area contributed by atoms with Crippen LogP contribution in [-0.2, 0) is 0 Å². The van der Waals surface area contributed by atoms with Crippen molar-refractivity contribution in [3.63, 3.8) is 0 Å². The number of carbonyl (C=O) groups is 1. The second-order valence-corrected chi connectivity index (χ2v) is 3.32. The number of hydrogen-bond donors (Lipinski definition) is 1. The van der Waals surface area contributed by atoms with Crippen molar-refractivity contribution in [3.05, 3.63) is 54.6 Å². The summed E-state index contributed by atoms with van der Waals surface area (Å²) in [6, 6.07) is 11.3. The second-order valence-electron chi connectivity index (χ2n) is 3.32. The van der Waals surface area contributed by atoms with E-state index in [9.17, 15) is 4.79 Å². The van der Waals surface area contributed by atoms with E-state index >= 15 is 0 Å². The highest BCUT2D eigenvalue weighted by Crippen LogP contribution is 2.24. The Labute approximate surface area is 88.0 Å². The molecule has 0 fully saturated rings. The minimum atomic E-state index is -0.141. The van der Waals surface area contributed by atoms with Crippen LogP contribution in [-0.4, -0.2) is 5.78 Å². The van der Waals surface area contributed by atoms with Gasteiger partial charge in [0, 0.05) is 10.9 Å². The van der Waals surface area contributed by atoms with Crippen molar-refractivity contribution in [2.45, 2.75) is 0 Å². The quantitative estimate of drug-likeness (QED) is 0.457. The van der Waals surface area contributed by atoms with Crippen LogP contribution in [0.15, 0.2) is 49.1 Å². The van der Waals surface area contributed by atoms with Crippen LogP contribution in [0.1, 0.15) is 10.4 Å². The van der Waals surface area contributed by atoms with Crippen molar-refractivity contribution in [1.82, 2.24) is 0 Å². The van der Waals surface area contributed by atoms with E-state index in [1.54, 1.807) is 6.07 Å². The number of hydrogen-bond acceptors (Lipinski definition) is 2. The molecule has 2 heteroatoms. The van der Waals surface area contributed by atoms with Crippen molar-refractivity contribution >= 4 is 22.2 Å². The zero-order valence-electron chi connectivity index (χ0n) is 8.23. The third kappa shape index (κ3) is 1.50. The summed E-state index contributed by atoms with van der Waals surface area (Å²) < 4.78 is 0. The van der Waals surface area contributed by atoms with Crippen LogP contribution in [0.3, 0.4) is 0 Å². The van der Waals surface area contributed by atoms with Gasteiger partial charge in [0.2, 0.25) is 0 Å². The van der Waals surface area contributed by atoms with Crippen molar-refractivity contribution in [3.8, 4) is 0 Å².